The van der Waals surface area contributed by atoms with E-state index in [-0.39, 0.29) is 24.0 Å². The lowest BCUT2D eigenvalue weighted by Crippen LogP contribution is -2.36. The zero-order valence-electron chi connectivity index (χ0n) is 10.8. The van der Waals surface area contributed by atoms with Gasteiger partial charge in [0.1, 0.15) is 5.75 Å². The Kier molecular flexibility index (Phi) is 9.08. The molecular formula is C13H20IN3O. The van der Waals surface area contributed by atoms with Crippen molar-refractivity contribution >= 4 is 29.9 Å². The molecule has 100 valence electrons. The minimum absolute atomic E-state index is 0. The summed E-state index contributed by atoms with van der Waals surface area (Å²) in [6, 6.07) is 7.90. The van der Waals surface area contributed by atoms with E-state index in [0.29, 0.717) is 13.1 Å². The number of para-hydroxylation sites is 1. The fraction of sp³-hybridized carbons (Fsp3) is 0.308. The first-order valence-electron chi connectivity index (χ1n) is 5.49. The van der Waals surface area contributed by atoms with Crippen molar-refractivity contribution in [3.05, 3.63) is 42.5 Å². The Hall–Kier alpha value is -1.24. The first-order chi connectivity index (χ1) is 8.31. The molecule has 0 atom stereocenters. The standard InChI is InChI=1S/C13H19N3O.HI/c1-4-9-15-13(14-2)16-10-11-7-5-6-8-12(11)17-3;/h4-8H,1,9-10H2,2-3H3,(H2,14,15,16);1H. The SMILES string of the molecule is C=CCNC(=NC)NCc1ccccc1OC.I. The number of hydrogen-bond donors (Lipinski definition) is 2. The summed E-state index contributed by atoms with van der Waals surface area (Å²) in [6.07, 6.45) is 1.79. The van der Waals surface area contributed by atoms with Gasteiger partial charge in [-0.05, 0) is 6.07 Å². The van der Waals surface area contributed by atoms with E-state index in [1.807, 2.05) is 24.3 Å². The van der Waals surface area contributed by atoms with Gasteiger partial charge in [0, 0.05) is 25.7 Å². The number of aliphatic imine (C=N–C) groups is 1. The summed E-state index contributed by atoms with van der Waals surface area (Å²) in [5, 5.41) is 6.31. The van der Waals surface area contributed by atoms with Crippen molar-refractivity contribution in [1.82, 2.24) is 10.6 Å². The van der Waals surface area contributed by atoms with Gasteiger partial charge in [0.05, 0.1) is 7.11 Å². The van der Waals surface area contributed by atoms with Gasteiger partial charge in [-0.3, -0.25) is 4.99 Å². The molecule has 5 heteroatoms. The summed E-state index contributed by atoms with van der Waals surface area (Å²) in [6.45, 7) is 5.00. The molecule has 2 N–H and O–H groups in total. The minimum atomic E-state index is 0. The van der Waals surface area contributed by atoms with Gasteiger partial charge in [0.2, 0.25) is 0 Å². The van der Waals surface area contributed by atoms with Gasteiger partial charge in [0.25, 0.3) is 0 Å². The number of methoxy groups -OCH3 is 1. The molecule has 0 aliphatic rings. The monoisotopic (exact) mass is 361 g/mol. The van der Waals surface area contributed by atoms with Crippen LogP contribution in [0.3, 0.4) is 0 Å². The molecule has 18 heavy (non-hydrogen) atoms. The first-order valence-corrected chi connectivity index (χ1v) is 5.49. The zero-order valence-corrected chi connectivity index (χ0v) is 13.1. The molecule has 0 aromatic heterocycles. The average Bonchev–Trinajstić information content (AvgIpc) is 2.39. The molecule has 0 aliphatic carbocycles. The van der Waals surface area contributed by atoms with Crippen molar-refractivity contribution in [3.63, 3.8) is 0 Å². The molecule has 0 spiro atoms. The van der Waals surface area contributed by atoms with Crippen LogP contribution in [0.5, 0.6) is 5.75 Å². The van der Waals surface area contributed by atoms with E-state index in [9.17, 15) is 0 Å². The molecule has 0 saturated heterocycles. The summed E-state index contributed by atoms with van der Waals surface area (Å²) >= 11 is 0. The Labute approximate surface area is 126 Å². The molecule has 1 aromatic rings. The van der Waals surface area contributed by atoms with E-state index in [4.69, 9.17) is 4.74 Å². The summed E-state index contributed by atoms with van der Waals surface area (Å²) in [7, 11) is 3.41. The van der Waals surface area contributed by atoms with Gasteiger partial charge in [-0.2, -0.15) is 0 Å². The second-order valence-corrected chi connectivity index (χ2v) is 3.41. The van der Waals surface area contributed by atoms with E-state index < -0.39 is 0 Å². The quantitative estimate of drug-likeness (QED) is 0.366. The molecule has 0 fully saturated rings. The van der Waals surface area contributed by atoms with Crippen LogP contribution in [-0.2, 0) is 6.54 Å². The Morgan fingerprint density at radius 1 is 1.39 bits per heavy atom. The Morgan fingerprint density at radius 3 is 2.72 bits per heavy atom. The van der Waals surface area contributed by atoms with Crippen molar-refractivity contribution < 1.29 is 4.74 Å². The van der Waals surface area contributed by atoms with Crippen molar-refractivity contribution in [1.29, 1.82) is 0 Å². The molecule has 0 unspecified atom stereocenters. The second-order valence-electron chi connectivity index (χ2n) is 3.41. The van der Waals surface area contributed by atoms with Gasteiger partial charge in [-0.1, -0.05) is 24.3 Å². The van der Waals surface area contributed by atoms with Crippen LogP contribution in [0, 0.1) is 0 Å². The summed E-state index contributed by atoms with van der Waals surface area (Å²) in [5.74, 6) is 1.62. The normalized spacial score (nSPS) is 10.2. The Morgan fingerprint density at radius 2 is 2.11 bits per heavy atom. The minimum Gasteiger partial charge on any atom is -0.496 e. The zero-order chi connectivity index (χ0) is 12.5. The molecule has 0 radical (unpaired) electrons. The van der Waals surface area contributed by atoms with Crippen LogP contribution < -0.4 is 15.4 Å². The predicted molar refractivity (Wildman–Crippen MR) is 86.8 cm³/mol. The van der Waals surface area contributed by atoms with E-state index >= 15 is 0 Å². The highest BCUT2D eigenvalue weighted by atomic mass is 127. The number of ether oxygens (including phenoxy) is 1. The maximum absolute atomic E-state index is 5.28. The lowest BCUT2D eigenvalue weighted by molar-refractivity contribution is 0.409. The molecule has 0 amide bonds. The highest BCUT2D eigenvalue weighted by Crippen LogP contribution is 2.16. The van der Waals surface area contributed by atoms with Gasteiger partial charge >= 0.3 is 0 Å². The fourth-order valence-corrected chi connectivity index (χ4v) is 1.42. The van der Waals surface area contributed by atoms with Crippen molar-refractivity contribution in [2.24, 2.45) is 4.99 Å². The number of guanidine groups is 1. The van der Waals surface area contributed by atoms with Crippen LogP contribution in [0.4, 0.5) is 0 Å². The third-order valence-corrected chi connectivity index (χ3v) is 2.28. The third-order valence-electron chi connectivity index (χ3n) is 2.28. The topological polar surface area (TPSA) is 45.7 Å². The van der Waals surface area contributed by atoms with E-state index in [1.165, 1.54) is 0 Å². The number of benzene rings is 1. The summed E-state index contributed by atoms with van der Waals surface area (Å²) in [5.41, 5.74) is 1.09. The smallest absolute Gasteiger partial charge is 0.191 e. The molecule has 0 aliphatic heterocycles. The van der Waals surface area contributed by atoms with Gasteiger partial charge in [-0.25, -0.2) is 0 Å². The number of hydrogen-bond acceptors (Lipinski definition) is 2. The van der Waals surface area contributed by atoms with Crippen LogP contribution in [0.15, 0.2) is 41.9 Å². The van der Waals surface area contributed by atoms with E-state index in [2.05, 4.69) is 22.2 Å². The van der Waals surface area contributed by atoms with Crippen molar-refractivity contribution in [2.75, 3.05) is 20.7 Å². The first kappa shape index (κ1) is 16.8. The number of nitrogens with zero attached hydrogens (tertiary/aromatic N) is 1. The van der Waals surface area contributed by atoms with Crippen LogP contribution in [0.25, 0.3) is 0 Å². The Balaban J connectivity index is 0.00000289. The lowest BCUT2D eigenvalue weighted by atomic mass is 10.2. The van der Waals surface area contributed by atoms with Gasteiger partial charge < -0.3 is 15.4 Å². The Bertz CT molecular complexity index is 394. The molecule has 1 aromatic carbocycles. The van der Waals surface area contributed by atoms with Crippen LogP contribution in [0.2, 0.25) is 0 Å². The lowest BCUT2D eigenvalue weighted by Gasteiger charge is -2.12. The number of nitrogens with one attached hydrogen (secondary N) is 2. The average molecular weight is 361 g/mol. The maximum atomic E-state index is 5.28. The molecule has 1 rings (SSSR count). The van der Waals surface area contributed by atoms with Gasteiger partial charge in [0.15, 0.2) is 5.96 Å². The summed E-state index contributed by atoms with van der Waals surface area (Å²) in [4.78, 5) is 4.10. The molecule has 0 bridgehead atoms. The van der Waals surface area contributed by atoms with Crippen molar-refractivity contribution in [3.8, 4) is 5.75 Å². The predicted octanol–water partition coefficient (Wildman–Crippen LogP) is 2.16. The van der Waals surface area contributed by atoms with E-state index in [0.717, 1.165) is 17.3 Å². The number of halogens is 1. The molecule has 0 saturated carbocycles. The number of rotatable bonds is 5. The fourth-order valence-electron chi connectivity index (χ4n) is 1.42. The summed E-state index contributed by atoms with van der Waals surface area (Å²) < 4.78 is 5.28. The van der Waals surface area contributed by atoms with Crippen LogP contribution in [0.1, 0.15) is 5.56 Å². The maximum Gasteiger partial charge on any atom is 0.191 e. The highest BCUT2D eigenvalue weighted by molar-refractivity contribution is 14.0. The van der Waals surface area contributed by atoms with Gasteiger partial charge in [-0.15, -0.1) is 30.6 Å². The van der Waals surface area contributed by atoms with E-state index in [1.54, 1.807) is 20.2 Å². The largest absolute Gasteiger partial charge is 0.496 e. The molecule has 0 heterocycles. The van der Waals surface area contributed by atoms with Crippen LogP contribution >= 0.6 is 24.0 Å². The molecule has 4 nitrogen and oxygen atoms in total. The van der Waals surface area contributed by atoms with Crippen molar-refractivity contribution in [2.45, 2.75) is 6.54 Å². The molecular weight excluding hydrogens is 341 g/mol. The second kappa shape index (κ2) is 9.76. The third kappa shape index (κ3) is 5.39. The van der Waals surface area contributed by atoms with Crippen LogP contribution in [-0.4, -0.2) is 26.7 Å². The highest BCUT2D eigenvalue weighted by Gasteiger charge is 2.02.